The van der Waals surface area contributed by atoms with Gasteiger partial charge in [0, 0.05) is 0 Å². The van der Waals surface area contributed by atoms with Gasteiger partial charge in [-0.05, 0) is 23.8 Å². The largest absolute Gasteiger partial charge is 0.269 e. The lowest BCUT2D eigenvalue weighted by atomic mass is 10.4. The number of benzene rings is 3. The molecular formula is C18H22BF4P. The van der Waals surface area contributed by atoms with Crippen molar-refractivity contribution in [3.8, 4) is 0 Å². The van der Waals surface area contributed by atoms with Crippen LogP contribution in [0.3, 0.4) is 0 Å². The molecule has 6 heteroatoms. The van der Waals surface area contributed by atoms with Gasteiger partial charge in [0.1, 0.15) is 0 Å². The third kappa shape index (κ3) is 6.17. The molecule has 0 N–H and O–H groups in total. The van der Waals surface area contributed by atoms with Gasteiger partial charge in [-0.15, -0.1) is 0 Å². The number of hydrogen-bond acceptors (Lipinski definition) is 0. The molecule has 0 bridgehead atoms. The lowest BCUT2D eigenvalue weighted by Gasteiger charge is -2.18. The first-order valence-electron chi connectivity index (χ1n) is 6.40. The standard InChI is InChI=1S/C18H15P.BH3.4FH/c1-4-10-16(11-5-1)19(17-12-6-2-7-13-17)18-14-8-3-9-15-18;;;;;/h1-15H;1H3;4*1H. The molecule has 0 aliphatic rings. The Morgan fingerprint density at radius 1 is 0.375 bits per heavy atom. The first-order valence-corrected chi connectivity index (χ1v) is 7.74. The fourth-order valence-electron chi connectivity index (χ4n) is 2.18. The normalized spacial score (nSPS) is 8.38. The van der Waals surface area contributed by atoms with Gasteiger partial charge < -0.3 is 0 Å². The van der Waals surface area contributed by atoms with Crippen molar-refractivity contribution in [1.82, 2.24) is 0 Å². The van der Waals surface area contributed by atoms with E-state index in [1.165, 1.54) is 15.9 Å². The van der Waals surface area contributed by atoms with Gasteiger partial charge in [0.15, 0.2) is 0 Å². The molecule has 0 radical (unpaired) electrons. The summed E-state index contributed by atoms with van der Waals surface area (Å²) in [6, 6.07) is 32.3. The van der Waals surface area contributed by atoms with E-state index in [0.29, 0.717) is 0 Å². The van der Waals surface area contributed by atoms with E-state index in [1.807, 2.05) is 0 Å². The Morgan fingerprint density at radius 3 is 0.792 bits per heavy atom. The zero-order chi connectivity index (χ0) is 12.9. The fourth-order valence-corrected chi connectivity index (χ4v) is 4.48. The molecule has 3 aromatic carbocycles. The third-order valence-corrected chi connectivity index (χ3v) is 5.49. The second-order valence-electron chi connectivity index (χ2n) is 4.34. The molecule has 0 saturated heterocycles. The van der Waals surface area contributed by atoms with Crippen LogP contribution in [0.15, 0.2) is 91.0 Å². The minimum absolute atomic E-state index is 0. The van der Waals surface area contributed by atoms with Gasteiger partial charge in [-0.2, -0.15) is 0 Å². The van der Waals surface area contributed by atoms with Crippen LogP contribution in [0, 0.1) is 0 Å². The van der Waals surface area contributed by atoms with Gasteiger partial charge in [-0.25, -0.2) is 0 Å². The van der Waals surface area contributed by atoms with Crippen molar-refractivity contribution in [3.05, 3.63) is 91.0 Å². The Bertz CT molecular complexity index is 545. The molecule has 0 aliphatic heterocycles. The van der Waals surface area contributed by atoms with Crippen LogP contribution < -0.4 is 15.9 Å². The van der Waals surface area contributed by atoms with Crippen molar-refractivity contribution in [3.63, 3.8) is 0 Å². The zero-order valence-electron chi connectivity index (χ0n) is 12.2. The summed E-state index contributed by atoms with van der Waals surface area (Å²) in [5.74, 6) is 0. The summed E-state index contributed by atoms with van der Waals surface area (Å²) in [7, 11) is -0.446. The first kappa shape index (κ1) is 26.8. The smallest absolute Gasteiger partial charge is 0.0814 e. The molecule has 0 fully saturated rings. The average Bonchev–Trinajstić information content (AvgIpc) is 2.51. The highest BCUT2D eigenvalue weighted by molar-refractivity contribution is 7.79. The molecule has 0 aromatic heterocycles. The van der Waals surface area contributed by atoms with Crippen molar-refractivity contribution in [2.45, 2.75) is 0 Å². The van der Waals surface area contributed by atoms with E-state index in [1.54, 1.807) is 0 Å². The molecule has 130 valence electrons. The van der Waals surface area contributed by atoms with Crippen LogP contribution in [0.1, 0.15) is 0 Å². The Balaban J connectivity index is -0.000000882. The summed E-state index contributed by atoms with van der Waals surface area (Å²) >= 11 is 0. The highest BCUT2D eigenvalue weighted by Gasteiger charge is 2.14. The predicted molar refractivity (Wildman–Crippen MR) is 105 cm³/mol. The molecule has 3 aromatic rings. The van der Waals surface area contributed by atoms with Crippen LogP contribution in [-0.2, 0) is 0 Å². The van der Waals surface area contributed by atoms with Crippen LogP contribution in [0.25, 0.3) is 0 Å². The molecule has 0 atom stereocenters. The maximum atomic E-state index is 2.23. The molecule has 0 unspecified atom stereocenters. The maximum Gasteiger partial charge on any atom is 0.0814 e. The highest BCUT2D eigenvalue weighted by Crippen LogP contribution is 2.32. The van der Waals surface area contributed by atoms with Crippen LogP contribution in [0.5, 0.6) is 0 Å². The quantitative estimate of drug-likeness (QED) is 0.385. The van der Waals surface area contributed by atoms with E-state index in [4.69, 9.17) is 0 Å². The number of halogens is 4. The van der Waals surface area contributed by atoms with E-state index >= 15 is 0 Å². The van der Waals surface area contributed by atoms with E-state index in [-0.39, 0.29) is 27.2 Å². The lowest BCUT2D eigenvalue weighted by molar-refractivity contribution is 1.11. The summed E-state index contributed by atoms with van der Waals surface area (Å²) in [6.45, 7) is 0. The molecule has 0 heterocycles. The van der Waals surface area contributed by atoms with Crippen molar-refractivity contribution in [2.24, 2.45) is 0 Å². The SMILES string of the molecule is B.F.F.F.F.c1ccc(P(c2ccccc2)c2ccccc2)cc1. The molecule has 24 heavy (non-hydrogen) atoms. The average molecular weight is 356 g/mol. The number of rotatable bonds is 3. The molecule has 0 saturated carbocycles. The maximum absolute atomic E-state index is 2.23. The van der Waals surface area contributed by atoms with E-state index in [0.717, 1.165) is 0 Å². The van der Waals surface area contributed by atoms with Crippen LogP contribution >= 0.6 is 7.92 Å². The van der Waals surface area contributed by atoms with Crippen molar-refractivity contribution >= 4 is 32.2 Å². The van der Waals surface area contributed by atoms with Gasteiger partial charge in [-0.1, -0.05) is 91.0 Å². The monoisotopic (exact) mass is 356 g/mol. The second-order valence-corrected chi connectivity index (χ2v) is 6.56. The number of hydrogen-bond donors (Lipinski definition) is 0. The molecular weight excluding hydrogens is 334 g/mol. The molecule has 0 spiro atoms. The molecule has 0 amide bonds. The van der Waals surface area contributed by atoms with Crippen molar-refractivity contribution in [1.29, 1.82) is 0 Å². The topological polar surface area (TPSA) is 0 Å². The van der Waals surface area contributed by atoms with Gasteiger partial charge >= 0.3 is 0 Å². The van der Waals surface area contributed by atoms with Crippen LogP contribution in [0.2, 0.25) is 0 Å². The minimum atomic E-state index is -0.446. The summed E-state index contributed by atoms with van der Waals surface area (Å²) in [5.41, 5.74) is 0. The molecule has 0 nitrogen and oxygen atoms in total. The lowest BCUT2D eigenvalue weighted by Crippen LogP contribution is -2.20. The first-order chi connectivity index (χ1) is 9.45. The van der Waals surface area contributed by atoms with Gasteiger partial charge in [0.25, 0.3) is 0 Å². The Morgan fingerprint density at radius 2 is 0.583 bits per heavy atom. The Labute approximate surface area is 142 Å². The summed E-state index contributed by atoms with van der Waals surface area (Å²) in [5, 5.41) is 4.19. The van der Waals surface area contributed by atoms with Gasteiger partial charge in [-0.3, -0.25) is 18.8 Å². The summed E-state index contributed by atoms with van der Waals surface area (Å²) in [4.78, 5) is 0. The van der Waals surface area contributed by atoms with Crippen LogP contribution in [0.4, 0.5) is 18.8 Å². The molecule has 0 aliphatic carbocycles. The van der Waals surface area contributed by atoms with Crippen molar-refractivity contribution < 1.29 is 18.8 Å². The Hall–Kier alpha value is -2.13. The van der Waals surface area contributed by atoms with E-state index in [2.05, 4.69) is 91.0 Å². The minimum Gasteiger partial charge on any atom is -0.269 e. The highest BCUT2D eigenvalue weighted by atomic mass is 31.1. The fraction of sp³-hybridized carbons (Fsp3) is 0. The van der Waals surface area contributed by atoms with Gasteiger partial charge in [0.05, 0.1) is 8.41 Å². The molecule has 3 rings (SSSR count). The predicted octanol–water partition coefficient (Wildman–Crippen LogP) is 2.87. The summed E-state index contributed by atoms with van der Waals surface area (Å²) < 4.78 is 0. The summed E-state index contributed by atoms with van der Waals surface area (Å²) in [6.07, 6.45) is 0. The second kappa shape index (κ2) is 13.3. The zero-order valence-corrected chi connectivity index (χ0v) is 13.1. The van der Waals surface area contributed by atoms with Gasteiger partial charge in [0.2, 0.25) is 0 Å². The third-order valence-electron chi connectivity index (χ3n) is 3.04. The Kier molecular flexibility index (Phi) is 14.9. The van der Waals surface area contributed by atoms with E-state index < -0.39 is 7.92 Å². The van der Waals surface area contributed by atoms with E-state index in [9.17, 15) is 0 Å². The van der Waals surface area contributed by atoms with Crippen molar-refractivity contribution in [2.75, 3.05) is 0 Å². The van der Waals surface area contributed by atoms with Crippen LogP contribution in [-0.4, -0.2) is 8.41 Å².